The van der Waals surface area contributed by atoms with Crippen LogP contribution in [-0.2, 0) is 0 Å². The lowest BCUT2D eigenvalue weighted by atomic mass is 9.95. The number of benzene rings is 3. The van der Waals surface area contributed by atoms with Crippen molar-refractivity contribution in [3.8, 4) is 23.3 Å². The third kappa shape index (κ3) is 5.54. The van der Waals surface area contributed by atoms with E-state index in [0.29, 0.717) is 10.6 Å². The highest BCUT2D eigenvalue weighted by molar-refractivity contribution is 6.30. The minimum Gasteiger partial charge on any atom is -0.497 e. The molecule has 0 aromatic heterocycles. The second-order valence-corrected chi connectivity index (χ2v) is 6.73. The molecule has 0 aliphatic heterocycles. The van der Waals surface area contributed by atoms with Crippen LogP contribution < -0.4 is 9.47 Å². The number of rotatable bonds is 5. The summed E-state index contributed by atoms with van der Waals surface area (Å²) in [6.07, 6.45) is 1.99. The molecular weight excluding hydrogens is 380 g/mol. The molecule has 29 heavy (non-hydrogen) atoms. The third-order valence-electron chi connectivity index (χ3n) is 4.33. The van der Waals surface area contributed by atoms with Crippen molar-refractivity contribution < 1.29 is 9.47 Å². The van der Waals surface area contributed by atoms with Crippen molar-refractivity contribution in [3.63, 3.8) is 0 Å². The van der Waals surface area contributed by atoms with E-state index in [9.17, 15) is 0 Å². The topological polar surface area (TPSA) is 18.5 Å². The van der Waals surface area contributed by atoms with Crippen molar-refractivity contribution in [2.75, 3.05) is 14.2 Å². The average Bonchev–Trinajstić information content (AvgIpc) is 2.77. The summed E-state index contributed by atoms with van der Waals surface area (Å²) in [6.45, 7) is 4.12. The number of allylic oxidation sites excluding steroid dienone is 2. The van der Waals surface area contributed by atoms with E-state index in [1.54, 1.807) is 14.2 Å². The summed E-state index contributed by atoms with van der Waals surface area (Å²) in [5.74, 6) is 7.86. The van der Waals surface area contributed by atoms with Gasteiger partial charge in [-0.1, -0.05) is 54.3 Å². The Labute approximate surface area is 177 Å². The van der Waals surface area contributed by atoms with Gasteiger partial charge in [0.05, 0.1) is 14.2 Å². The Kier molecular flexibility index (Phi) is 6.79. The average molecular weight is 401 g/mol. The van der Waals surface area contributed by atoms with Crippen LogP contribution in [0.2, 0.25) is 5.02 Å². The smallest absolute Gasteiger partial charge is 0.118 e. The van der Waals surface area contributed by atoms with E-state index in [2.05, 4.69) is 18.4 Å². The number of halogens is 1. The van der Waals surface area contributed by atoms with E-state index in [1.807, 2.05) is 78.9 Å². The second kappa shape index (κ2) is 9.68. The van der Waals surface area contributed by atoms with Crippen LogP contribution in [-0.4, -0.2) is 14.2 Å². The van der Waals surface area contributed by atoms with Crippen LogP contribution in [0.25, 0.3) is 5.57 Å². The van der Waals surface area contributed by atoms with Gasteiger partial charge in [0.15, 0.2) is 0 Å². The molecule has 0 fully saturated rings. The van der Waals surface area contributed by atoms with Crippen molar-refractivity contribution in [3.05, 3.63) is 113 Å². The molecule has 3 heteroatoms. The number of hydrogen-bond acceptors (Lipinski definition) is 2. The fraction of sp³-hybridized carbons (Fsp3) is 0.0769. The van der Waals surface area contributed by atoms with Gasteiger partial charge in [-0.15, -0.1) is 0 Å². The van der Waals surface area contributed by atoms with Gasteiger partial charge in [-0.3, -0.25) is 0 Å². The van der Waals surface area contributed by atoms with Crippen LogP contribution in [0.5, 0.6) is 11.5 Å². The molecule has 144 valence electrons. The zero-order valence-electron chi connectivity index (χ0n) is 16.4. The minimum absolute atomic E-state index is 0.690. The lowest BCUT2D eigenvalue weighted by Crippen LogP contribution is -1.91. The van der Waals surface area contributed by atoms with E-state index < -0.39 is 0 Å². The molecule has 0 saturated carbocycles. The van der Waals surface area contributed by atoms with E-state index in [-0.39, 0.29) is 0 Å². The summed E-state index contributed by atoms with van der Waals surface area (Å²) in [7, 11) is 3.31. The van der Waals surface area contributed by atoms with Gasteiger partial charge in [0.25, 0.3) is 0 Å². The predicted molar refractivity (Wildman–Crippen MR) is 121 cm³/mol. The Morgan fingerprint density at radius 3 is 1.72 bits per heavy atom. The molecule has 0 unspecified atom stereocenters. The Bertz CT molecular complexity index is 1020. The number of ether oxygens (including phenoxy) is 2. The molecule has 0 bridgehead atoms. The first-order valence-corrected chi connectivity index (χ1v) is 9.44. The standard InChI is InChI=1S/C26H21ClO2/c1-19(4-5-20-6-12-23(27)13-7-20)18-26(21-8-14-24(28-2)15-9-21)22-10-16-25(29-3)17-11-22/h6-18H,1H2,2-3H3. The van der Waals surface area contributed by atoms with E-state index >= 15 is 0 Å². The monoisotopic (exact) mass is 400 g/mol. The van der Waals surface area contributed by atoms with Gasteiger partial charge >= 0.3 is 0 Å². The van der Waals surface area contributed by atoms with Gasteiger partial charge in [-0.25, -0.2) is 0 Å². The number of methoxy groups -OCH3 is 2. The van der Waals surface area contributed by atoms with Crippen molar-refractivity contribution in [2.24, 2.45) is 0 Å². The quantitative estimate of drug-likeness (QED) is 0.364. The molecule has 0 aliphatic rings. The molecule has 0 aliphatic carbocycles. The highest BCUT2D eigenvalue weighted by Gasteiger charge is 2.07. The Hall–Kier alpha value is -3.41. The molecule has 0 atom stereocenters. The summed E-state index contributed by atoms with van der Waals surface area (Å²) in [5, 5.41) is 0.690. The fourth-order valence-corrected chi connectivity index (χ4v) is 2.90. The SMILES string of the molecule is C=C(C#Cc1ccc(Cl)cc1)C=C(c1ccc(OC)cc1)c1ccc(OC)cc1. The lowest BCUT2D eigenvalue weighted by Gasteiger charge is -2.10. The largest absolute Gasteiger partial charge is 0.497 e. The van der Waals surface area contributed by atoms with Crippen LogP contribution in [0.1, 0.15) is 16.7 Å². The molecule has 2 nitrogen and oxygen atoms in total. The zero-order valence-corrected chi connectivity index (χ0v) is 17.2. The maximum atomic E-state index is 5.93. The van der Waals surface area contributed by atoms with Crippen LogP contribution in [0.3, 0.4) is 0 Å². The maximum absolute atomic E-state index is 5.93. The third-order valence-corrected chi connectivity index (χ3v) is 4.58. The van der Waals surface area contributed by atoms with Crippen LogP contribution in [0, 0.1) is 11.8 Å². The predicted octanol–water partition coefficient (Wildman–Crippen LogP) is 6.40. The highest BCUT2D eigenvalue weighted by atomic mass is 35.5. The van der Waals surface area contributed by atoms with Crippen molar-refractivity contribution in [1.82, 2.24) is 0 Å². The van der Waals surface area contributed by atoms with Crippen molar-refractivity contribution in [1.29, 1.82) is 0 Å². The first-order chi connectivity index (χ1) is 14.1. The van der Waals surface area contributed by atoms with E-state index in [1.165, 1.54) is 0 Å². The minimum atomic E-state index is 0.690. The lowest BCUT2D eigenvalue weighted by molar-refractivity contribution is 0.414. The molecule has 3 aromatic carbocycles. The van der Waals surface area contributed by atoms with E-state index in [4.69, 9.17) is 21.1 Å². The molecule has 3 aromatic rings. The Morgan fingerprint density at radius 1 is 0.793 bits per heavy atom. The molecule has 0 amide bonds. The van der Waals surface area contributed by atoms with Crippen LogP contribution >= 0.6 is 11.6 Å². The van der Waals surface area contributed by atoms with Gasteiger partial charge < -0.3 is 9.47 Å². The summed E-state index contributed by atoms with van der Waals surface area (Å²) < 4.78 is 10.6. The highest BCUT2D eigenvalue weighted by Crippen LogP contribution is 2.28. The van der Waals surface area contributed by atoms with Gasteiger partial charge in [-0.05, 0) is 71.3 Å². The summed E-state index contributed by atoms with van der Waals surface area (Å²) in [4.78, 5) is 0. The van der Waals surface area contributed by atoms with Gasteiger partial charge in [0.1, 0.15) is 11.5 Å². The molecule has 0 heterocycles. The molecule has 0 N–H and O–H groups in total. The summed E-state index contributed by atoms with van der Waals surface area (Å²) in [5.41, 5.74) is 4.71. The summed E-state index contributed by atoms with van der Waals surface area (Å²) >= 11 is 5.93. The molecular formula is C26H21ClO2. The fourth-order valence-electron chi connectivity index (χ4n) is 2.77. The molecule has 0 spiro atoms. The normalized spacial score (nSPS) is 9.76. The van der Waals surface area contributed by atoms with Crippen LogP contribution in [0.4, 0.5) is 0 Å². The number of hydrogen-bond donors (Lipinski definition) is 0. The summed E-state index contributed by atoms with van der Waals surface area (Å²) in [6, 6.07) is 23.3. The van der Waals surface area contributed by atoms with Gasteiger partial charge in [0.2, 0.25) is 0 Å². The molecule has 0 saturated heterocycles. The second-order valence-electron chi connectivity index (χ2n) is 6.30. The Balaban J connectivity index is 1.96. The Morgan fingerprint density at radius 2 is 1.28 bits per heavy atom. The first kappa shape index (κ1) is 20.3. The van der Waals surface area contributed by atoms with E-state index in [0.717, 1.165) is 33.8 Å². The van der Waals surface area contributed by atoms with Gasteiger partial charge in [0, 0.05) is 16.2 Å². The molecule has 3 rings (SSSR count). The van der Waals surface area contributed by atoms with Crippen molar-refractivity contribution >= 4 is 17.2 Å². The maximum Gasteiger partial charge on any atom is 0.118 e. The zero-order chi connectivity index (χ0) is 20.6. The molecule has 0 radical (unpaired) electrons. The van der Waals surface area contributed by atoms with Crippen LogP contribution in [0.15, 0.2) is 91.0 Å². The van der Waals surface area contributed by atoms with Gasteiger partial charge in [-0.2, -0.15) is 0 Å². The first-order valence-electron chi connectivity index (χ1n) is 9.06. The van der Waals surface area contributed by atoms with Crippen molar-refractivity contribution in [2.45, 2.75) is 0 Å².